The van der Waals surface area contributed by atoms with Gasteiger partial charge in [0, 0.05) is 37.5 Å². The van der Waals surface area contributed by atoms with Crippen molar-refractivity contribution in [2.75, 3.05) is 13.2 Å². The van der Waals surface area contributed by atoms with Crippen molar-refractivity contribution in [2.24, 2.45) is 23.7 Å². The number of carbonyl (C=O) groups is 2. The summed E-state index contributed by atoms with van der Waals surface area (Å²) in [6.45, 7) is 5.13. The van der Waals surface area contributed by atoms with Gasteiger partial charge >= 0.3 is 5.97 Å². The molecule has 1 aromatic carbocycles. The van der Waals surface area contributed by atoms with Crippen LogP contribution in [0.4, 0.5) is 0 Å². The molecule has 0 bridgehead atoms. The van der Waals surface area contributed by atoms with E-state index in [9.17, 15) is 9.59 Å². The van der Waals surface area contributed by atoms with Crippen LogP contribution in [0.5, 0.6) is 0 Å². The summed E-state index contributed by atoms with van der Waals surface area (Å²) < 4.78 is 18.5. The van der Waals surface area contributed by atoms with Gasteiger partial charge in [-0.2, -0.15) is 0 Å². The van der Waals surface area contributed by atoms with Crippen molar-refractivity contribution in [3.05, 3.63) is 46.5 Å². The molecule has 33 heavy (non-hydrogen) atoms. The third-order valence-electron chi connectivity index (χ3n) is 7.00. The van der Waals surface area contributed by atoms with E-state index in [0.29, 0.717) is 35.6 Å². The molecule has 5 nitrogen and oxygen atoms in total. The van der Waals surface area contributed by atoms with Crippen LogP contribution in [0.15, 0.2) is 40.9 Å². The van der Waals surface area contributed by atoms with Gasteiger partial charge in [-0.05, 0) is 46.3 Å². The van der Waals surface area contributed by atoms with Crippen LogP contribution in [0.2, 0.25) is 0 Å². The number of benzene rings is 1. The number of halogens is 1. The van der Waals surface area contributed by atoms with Gasteiger partial charge in [-0.3, -0.25) is 4.79 Å². The number of hydrogen-bond acceptors (Lipinski definition) is 5. The van der Waals surface area contributed by atoms with Crippen molar-refractivity contribution in [3.8, 4) is 11.8 Å². The SMILES string of the molecule is CCC#CCC(C)C(=O)/C(Br)=C/[C@@H]1[C@H]2CC3(C[C@H]2C[C@H]1OC(=O)c1ccccc1)OCCO3. The number of ketones is 1. The Kier molecular flexibility index (Phi) is 7.73. The van der Waals surface area contributed by atoms with Gasteiger partial charge in [-0.15, -0.1) is 11.8 Å². The summed E-state index contributed by atoms with van der Waals surface area (Å²) in [5.41, 5.74) is 0.537. The first-order valence-electron chi connectivity index (χ1n) is 11.8. The van der Waals surface area contributed by atoms with Crippen molar-refractivity contribution < 1.29 is 23.8 Å². The second-order valence-electron chi connectivity index (χ2n) is 9.25. The summed E-state index contributed by atoms with van der Waals surface area (Å²) in [4.78, 5) is 25.8. The minimum Gasteiger partial charge on any atom is -0.458 e. The van der Waals surface area contributed by atoms with Crippen LogP contribution in [0, 0.1) is 35.5 Å². The fourth-order valence-corrected chi connectivity index (χ4v) is 6.10. The normalized spacial score (nSPS) is 28.8. The number of hydrogen-bond donors (Lipinski definition) is 0. The van der Waals surface area contributed by atoms with Gasteiger partial charge in [0.25, 0.3) is 0 Å². The van der Waals surface area contributed by atoms with Gasteiger partial charge in [-0.1, -0.05) is 38.1 Å². The number of allylic oxidation sites excluding steroid dienone is 1. The molecule has 1 aliphatic heterocycles. The number of ether oxygens (including phenoxy) is 3. The molecule has 0 N–H and O–H groups in total. The molecule has 176 valence electrons. The maximum absolute atomic E-state index is 13.0. The highest BCUT2D eigenvalue weighted by molar-refractivity contribution is 9.12. The van der Waals surface area contributed by atoms with E-state index in [4.69, 9.17) is 14.2 Å². The Bertz CT molecular complexity index is 954. The lowest BCUT2D eigenvalue weighted by Crippen LogP contribution is -2.31. The van der Waals surface area contributed by atoms with E-state index < -0.39 is 5.79 Å². The standard InChI is InChI=1S/C27H31BrO5/c1-3-4-6-9-18(2)25(29)23(28)15-21-22-17-27(31-12-13-32-27)16-20(22)14-24(21)33-26(30)19-10-7-5-8-11-19/h5,7-8,10-11,15,18,20-22,24H,3,9,12-14,16-17H2,1-2H3/b23-15-/t18?,20-,21-,22+,24-/m1/s1. The largest absolute Gasteiger partial charge is 0.458 e. The van der Waals surface area contributed by atoms with Crippen LogP contribution in [0.1, 0.15) is 56.3 Å². The molecule has 0 aromatic heterocycles. The molecule has 1 aromatic rings. The molecule has 2 aliphatic carbocycles. The van der Waals surface area contributed by atoms with Crippen molar-refractivity contribution in [3.63, 3.8) is 0 Å². The van der Waals surface area contributed by atoms with E-state index in [1.807, 2.05) is 38.1 Å². The number of carbonyl (C=O) groups excluding carboxylic acids is 2. The lowest BCUT2D eigenvalue weighted by molar-refractivity contribution is -0.157. The Balaban J connectivity index is 1.53. The Labute approximate surface area is 204 Å². The quantitative estimate of drug-likeness (QED) is 0.293. The van der Waals surface area contributed by atoms with Crippen LogP contribution < -0.4 is 0 Å². The second-order valence-corrected chi connectivity index (χ2v) is 10.1. The van der Waals surface area contributed by atoms with E-state index in [1.54, 1.807) is 12.1 Å². The molecule has 0 radical (unpaired) electrons. The fraction of sp³-hybridized carbons (Fsp3) is 0.556. The van der Waals surface area contributed by atoms with E-state index >= 15 is 0 Å². The molecular weight excluding hydrogens is 484 g/mol. The highest BCUT2D eigenvalue weighted by Crippen LogP contribution is 2.55. The van der Waals surface area contributed by atoms with E-state index in [-0.39, 0.29) is 35.6 Å². The molecule has 4 rings (SSSR count). The number of Topliss-reactive ketones (excluding diaryl/α,β-unsaturated/α-hetero) is 1. The van der Waals surface area contributed by atoms with Crippen LogP contribution >= 0.6 is 15.9 Å². The average molecular weight is 515 g/mol. The zero-order chi connectivity index (χ0) is 23.4. The van der Waals surface area contributed by atoms with Crippen molar-refractivity contribution in [2.45, 2.75) is 57.8 Å². The molecule has 6 heteroatoms. The molecule has 1 saturated heterocycles. The topological polar surface area (TPSA) is 61.8 Å². The molecule has 1 unspecified atom stereocenters. The maximum Gasteiger partial charge on any atom is 0.338 e. The zero-order valence-corrected chi connectivity index (χ0v) is 20.8. The minimum absolute atomic E-state index is 0.0260. The number of fused-ring (bicyclic) bond motifs is 1. The van der Waals surface area contributed by atoms with Crippen LogP contribution in [0.3, 0.4) is 0 Å². The molecule has 3 fully saturated rings. The zero-order valence-electron chi connectivity index (χ0n) is 19.2. The van der Waals surface area contributed by atoms with Crippen LogP contribution in [-0.2, 0) is 19.0 Å². The predicted molar refractivity (Wildman–Crippen MR) is 128 cm³/mol. The van der Waals surface area contributed by atoms with E-state index in [2.05, 4.69) is 27.8 Å². The van der Waals surface area contributed by atoms with Gasteiger partial charge in [-0.25, -0.2) is 4.79 Å². The molecule has 3 aliphatic rings. The minimum atomic E-state index is -0.519. The number of esters is 1. The summed E-state index contributed by atoms with van der Waals surface area (Å²) in [6, 6.07) is 9.05. The monoisotopic (exact) mass is 514 g/mol. The third-order valence-corrected chi connectivity index (χ3v) is 7.65. The molecule has 2 saturated carbocycles. The van der Waals surface area contributed by atoms with Crippen LogP contribution in [-0.4, -0.2) is 36.9 Å². The predicted octanol–water partition coefficient (Wildman–Crippen LogP) is 5.29. The summed E-state index contributed by atoms with van der Waals surface area (Å²) in [5, 5.41) is 0. The number of rotatable bonds is 6. The lowest BCUT2D eigenvalue weighted by atomic mass is 9.89. The highest BCUT2D eigenvalue weighted by atomic mass is 79.9. The van der Waals surface area contributed by atoms with Gasteiger partial charge in [0.05, 0.1) is 23.3 Å². The fourth-order valence-electron chi connectivity index (χ4n) is 5.40. The van der Waals surface area contributed by atoms with Crippen molar-refractivity contribution >= 4 is 27.7 Å². The van der Waals surface area contributed by atoms with Gasteiger partial charge in [0.1, 0.15) is 6.10 Å². The summed E-state index contributed by atoms with van der Waals surface area (Å²) in [7, 11) is 0. The Morgan fingerprint density at radius 1 is 1.21 bits per heavy atom. The third kappa shape index (κ3) is 5.42. The summed E-state index contributed by atoms with van der Waals surface area (Å²) >= 11 is 3.53. The molecule has 1 heterocycles. The second kappa shape index (κ2) is 10.5. The molecule has 1 spiro atoms. The molecular formula is C27H31BrO5. The van der Waals surface area contributed by atoms with Crippen molar-refractivity contribution in [1.29, 1.82) is 0 Å². The molecule has 5 atom stereocenters. The summed E-state index contributed by atoms with van der Waals surface area (Å²) in [5.74, 6) is 5.54. The first kappa shape index (κ1) is 24.2. The first-order chi connectivity index (χ1) is 15.9. The maximum atomic E-state index is 13.0. The smallest absolute Gasteiger partial charge is 0.338 e. The Morgan fingerprint density at radius 2 is 1.94 bits per heavy atom. The van der Waals surface area contributed by atoms with Gasteiger partial charge in [0.2, 0.25) is 0 Å². The van der Waals surface area contributed by atoms with Crippen molar-refractivity contribution in [1.82, 2.24) is 0 Å². The lowest BCUT2D eigenvalue weighted by Gasteiger charge is -2.27. The van der Waals surface area contributed by atoms with E-state index in [0.717, 1.165) is 25.7 Å². The Hall–Kier alpha value is -1.94. The highest BCUT2D eigenvalue weighted by Gasteiger charge is 2.57. The average Bonchev–Trinajstić information content (AvgIpc) is 3.50. The first-order valence-corrected chi connectivity index (χ1v) is 12.6. The van der Waals surface area contributed by atoms with E-state index in [1.165, 1.54) is 0 Å². The van der Waals surface area contributed by atoms with Crippen LogP contribution in [0.25, 0.3) is 0 Å². The van der Waals surface area contributed by atoms with Gasteiger partial charge in [0.15, 0.2) is 11.6 Å². The molecule has 0 amide bonds. The Morgan fingerprint density at radius 3 is 2.64 bits per heavy atom. The summed E-state index contributed by atoms with van der Waals surface area (Å²) in [6.07, 6.45) is 5.29. The van der Waals surface area contributed by atoms with Gasteiger partial charge < -0.3 is 14.2 Å².